The van der Waals surface area contributed by atoms with Crippen molar-refractivity contribution >= 4 is 46.5 Å². The van der Waals surface area contributed by atoms with E-state index in [0.29, 0.717) is 5.02 Å². The minimum Gasteiger partial charge on any atom is -0.392 e. The molecule has 17 heavy (non-hydrogen) atoms. The van der Waals surface area contributed by atoms with E-state index in [9.17, 15) is 5.11 Å². The van der Waals surface area contributed by atoms with Gasteiger partial charge in [-0.15, -0.1) is 10.2 Å². The summed E-state index contributed by atoms with van der Waals surface area (Å²) >= 11 is 10.5. The quantitative estimate of drug-likeness (QED) is 0.875. The zero-order valence-electron chi connectivity index (χ0n) is 8.88. The molecule has 1 aromatic carbocycles. The smallest absolute Gasteiger partial charge is 0.179 e. The second kappa shape index (κ2) is 6.06. The fraction of sp³-hybridized carbons (Fsp3) is 0.200. The molecule has 0 radical (unpaired) electrons. The number of nitrogens with zero attached hydrogens (tertiary/aromatic N) is 2. The van der Waals surface area contributed by atoms with Gasteiger partial charge < -0.3 is 5.11 Å². The molecule has 90 valence electrons. The highest BCUT2D eigenvalue weighted by Crippen LogP contribution is 2.35. The highest BCUT2D eigenvalue weighted by molar-refractivity contribution is 8.03. The third kappa shape index (κ3) is 3.35. The van der Waals surface area contributed by atoms with E-state index >= 15 is 0 Å². The number of aliphatic hydroxyl groups excluding tert-OH is 1. The lowest BCUT2D eigenvalue weighted by molar-refractivity contribution is 0.279. The lowest BCUT2D eigenvalue weighted by atomic mass is 10.2. The summed E-state index contributed by atoms with van der Waals surface area (Å²) in [6.07, 6.45) is 1.97. The molecule has 0 bridgehead atoms. The van der Waals surface area contributed by atoms with Crippen LogP contribution in [-0.4, -0.2) is 21.6 Å². The van der Waals surface area contributed by atoms with E-state index in [0.717, 1.165) is 19.1 Å². The van der Waals surface area contributed by atoms with Gasteiger partial charge in [-0.25, -0.2) is 0 Å². The van der Waals surface area contributed by atoms with E-state index in [-0.39, 0.29) is 6.61 Å². The van der Waals surface area contributed by atoms with Crippen molar-refractivity contribution in [2.75, 3.05) is 6.26 Å². The average Bonchev–Trinajstić information content (AvgIpc) is 2.77. The first-order valence-electron chi connectivity index (χ1n) is 4.67. The molecule has 0 spiro atoms. The molecule has 0 amide bonds. The maximum absolute atomic E-state index is 9.25. The van der Waals surface area contributed by atoms with Crippen LogP contribution in [0.25, 0.3) is 0 Å². The van der Waals surface area contributed by atoms with Gasteiger partial charge in [0.2, 0.25) is 0 Å². The highest BCUT2D eigenvalue weighted by Gasteiger charge is 2.09. The van der Waals surface area contributed by atoms with Crippen molar-refractivity contribution < 1.29 is 5.11 Å². The van der Waals surface area contributed by atoms with Gasteiger partial charge in [-0.3, -0.25) is 0 Å². The molecule has 0 aliphatic heterocycles. The van der Waals surface area contributed by atoms with Crippen LogP contribution in [0.1, 0.15) is 5.56 Å². The molecule has 7 heteroatoms. The van der Waals surface area contributed by atoms with Crippen LogP contribution >= 0.6 is 46.5 Å². The zero-order chi connectivity index (χ0) is 12.3. The van der Waals surface area contributed by atoms with Gasteiger partial charge in [-0.2, -0.15) is 0 Å². The largest absolute Gasteiger partial charge is 0.392 e. The van der Waals surface area contributed by atoms with Crippen molar-refractivity contribution in [3.05, 3.63) is 28.8 Å². The van der Waals surface area contributed by atoms with Gasteiger partial charge in [0.1, 0.15) is 0 Å². The van der Waals surface area contributed by atoms with E-state index in [1.54, 1.807) is 17.8 Å². The fourth-order valence-electron chi connectivity index (χ4n) is 1.17. The molecule has 1 heterocycles. The van der Waals surface area contributed by atoms with Crippen molar-refractivity contribution in [1.29, 1.82) is 0 Å². The third-order valence-electron chi connectivity index (χ3n) is 1.96. The minimum absolute atomic E-state index is 0.00626. The van der Waals surface area contributed by atoms with Gasteiger partial charge >= 0.3 is 0 Å². The first-order chi connectivity index (χ1) is 8.22. The average molecular weight is 305 g/mol. The van der Waals surface area contributed by atoms with Gasteiger partial charge in [0.25, 0.3) is 0 Å². The monoisotopic (exact) mass is 304 g/mol. The third-order valence-corrected chi connectivity index (χ3v) is 5.24. The Kier molecular flexibility index (Phi) is 4.69. The molecule has 0 unspecified atom stereocenters. The standard InChI is InChI=1S/C10H9ClN2OS3/c1-15-9-12-13-10(17-9)16-8-4-7(11)3-2-6(8)5-14/h2-4,14H,5H2,1H3. The van der Waals surface area contributed by atoms with Crippen molar-refractivity contribution in [3.8, 4) is 0 Å². The van der Waals surface area contributed by atoms with E-state index < -0.39 is 0 Å². The van der Waals surface area contributed by atoms with Crippen molar-refractivity contribution in [2.45, 2.75) is 20.2 Å². The molecule has 0 fully saturated rings. The first kappa shape index (κ1) is 13.2. The van der Waals surface area contributed by atoms with Crippen molar-refractivity contribution in [3.63, 3.8) is 0 Å². The van der Waals surface area contributed by atoms with Gasteiger partial charge in [-0.05, 0) is 24.0 Å². The van der Waals surface area contributed by atoms with Crippen LogP contribution in [0.4, 0.5) is 0 Å². The second-order valence-electron chi connectivity index (χ2n) is 3.05. The predicted octanol–water partition coefficient (Wildman–Crippen LogP) is 3.56. The number of halogens is 1. The molecule has 0 saturated heterocycles. The summed E-state index contributed by atoms with van der Waals surface area (Å²) in [6.45, 7) is -0.00626. The molecule has 1 N–H and O–H groups in total. The fourth-order valence-corrected chi connectivity index (χ4v) is 3.96. The lowest BCUT2D eigenvalue weighted by Gasteiger charge is -2.04. The Bertz CT molecular complexity index is 518. The maximum atomic E-state index is 9.25. The summed E-state index contributed by atoms with van der Waals surface area (Å²) in [4.78, 5) is 0.920. The van der Waals surface area contributed by atoms with Crippen molar-refractivity contribution in [1.82, 2.24) is 10.2 Å². The van der Waals surface area contributed by atoms with Crippen LogP contribution in [0.15, 0.2) is 31.8 Å². The maximum Gasteiger partial charge on any atom is 0.179 e. The molecule has 0 saturated carbocycles. The van der Waals surface area contributed by atoms with Gasteiger partial charge in [0.05, 0.1) is 6.61 Å². The summed E-state index contributed by atoms with van der Waals surface area (Å²) in [5, 5.41) is 18.0. The Morgan fingerprint density at radius 2 is 2.12 bits per heavy atom. The number of thioether (sulfide) groups is 1. The molecule has 2 rings (SSSR count). The summed E-state index contributed by atoms with van der Waals surface area (Å²) in [5.74, 6) is 0. The van der Waals surface area contributed by atoms with Gasteiger partial charge in [0.15, 0.2) is 8.68 Å². The highest BCUT2D eigenvalue weighted by atomic mass is 35.5. The number of rotatable bonds is 4. The Morgan fingerprint density at radius 3 is 2.76 bits per heavy atom. The molecular formula is C10H9ClN2OS3. The number of hydrogen-bond acceptors (Lipinski definition) is 6. The van der Waals surface area contributed by atoms with Crippen LogP contribution < -0.4 is 0 Å². The summed E-state index contributed by atoms with van der Waals surface area (Å²) in [7, 11) is 0. The number of benzene rings is 1. The molecule has 3 nitrogen and oxygen atoms in total. The normalized spacial score (nSPS) is 10.8. The van der Waals surface area contributed by atoms with E-state index in [2.05, 4.69) is 10.2 Å². The van der Waals surface area contributed by atoms with Gasteiger partial charge in [0, 0.05) is 9.92 Å². The van der Waals surface area contributed by atoms with Crippen LogP contribution in [0.5, 0.6) is 0 Å². The zero-order valence-corrected chi connectivity index (χ0v) is 12.1. The Balaban J connectivity index is 2.25. The lowest BCUT2D eigenvalue weighted by Crippen LogP contribution is -1.87. The molecule has 0 aliphatic rings. The van der Waals surface area contributed by atoms with Crippen LogP contribution in [0, 0.1) is 0 Å². The molecule has 0 aliphatic carbocycles. The van der Waals surface area contributed by atoms with Crippen LogP contribution in [-0.2, 0) is 6.61 Å². The van der Waals surface area contributed by atoms with E-state index in [1.165, 1.54) is 23.1 Å². The number of aromatic nitrogens is 2. The SMILES string of the molecule is CSc1nnc(Sc2cc(Cl)ccc2CO)s1. The minimum atomic E-state index is -0.00626. The number of hydrogen-bond donors (Lipinski definition) is 1. The molecule has 2 aromatic rings. The molecular weight excluding hydrogens is 296 g/mol. The predicted molar refractivity (Wildman–Crippen MR) is 73.2 cm³/mol. The van der Waals surface area contributed by atoms with Crippen molar-refractivity contribution in [2.24, 2.45) is 0 Å². The summed E-state index contributed by atoms with van der Waals surface area (Å²) in [6, 6.07) is 5.42. The Morgan fingerprint density at radius 1 is 1.35 bits per heavy atom. The molecule has 0 atom stereocenters. The number of aliphatic hydroxyl groups is 1. The first-order valence-corrected chi connectivity index (χ1v) is 7.91. The molecule has 1 aromatic heterocycles. The van der Waals surface area contributed by atoms with E-state index in [1.807, 2.05) is 18.4 Å². The van der Waals surface area contributed by atoms with Crippen LogP contribution in [0.2, 0.25) is 5.02 Å². The van der Waals surface area contributed by atoms with Gasteiger partial charge in [-0.1, -0.05) is 52.5 Å². The van der Waals surface area contributed by atoms with Crippen LogP contribution in [0.3, 0.4) is 0 Å². The second-order valence-corrected chi connectivity index (χ2v) is 6.81. The Hall–Kier alpha value is -0.270. The van der Waals surface area contributed by atoms with E-state index in [4.69, 9.17) is 11.6 Å². The Labute approximate surface area is 117 Å². The summed E-state index contributed by atoms with van der Waals surface area (Å²) in [5.41, 5.74) is 0.848. The topological polar surface area (TPSA) is 46.0 Å². The summed E-state index contributed by atoms with van der Waals surface area (Å²) < 4.78 is 1.78.